The number of methoxy groups -OCH3 is 1. The van der Waals surface area contributed by atoms with Gasteiger partial charge in [-0.3, -0.25) is 9.59 Å². The summed E-state index contributed by atoms with van der Waals surface area (Å²) >= 11 is 0. The summed E-state index contributed by atoms with van der Waals surface area (Å²) < 4.78 is 45.8. The highest BCUT2D eigenvalue weighted by Gasteiger charge is 2.42. The molecule has 0 spiro atoms. The Labute approximate surface area is 259 Å². The van der Waals surface area contributed by atoms with Crippen molar-refractivity contribution < 1.29 is 27.5 Å². The zero-order valence-electron chi connectivity index (χ0n) is 25.3. The molecule has 1 aliphatic carbocycles. The molecular weight excluding hydrogens is 581 g/mol. The van der Waals surface area contributed by atoms with E-state index in [1.165, 1.54) is 12.1 Å². The summed E-state index contributed by atoms with van der Waals surface area (Å²) in [5.41, 5.74) is 4.03. The first kappa shape index (κ1) is 30.3. The standard InChI is InChI=1S/C35H35F3N4O3/c1-34(2)17-28-32(30(43)18-34)33(21-8-10-23(11-9-21)35(36,37)38)42(29-7-5-4-6-27(29)41-28)20-31(44)39-15-14-22-19-40-26-13-12-24(45-3)16-25(22)26/h4-13,16,19,33,40-41H,14-15,17-18,20H2,1-3H3,(H,39,44). The average molecular weight is 617 g/mol. The van der Waals surface area contributed by atoms with Crippen LogP contribution in [-0.4, -0.2) is 36.9 Å². The molecule has 3 N–H and O–H groups in total. The van der Waals surface area contributed by atoms with E-state index in [0.717, 1.165) is 45.7 Å². The number of H-pyrrole nitrogens is 1. The smallest absolute Gasteiger partial charge is 0.416 e. The van der Waals surface area contributed by atoms with Crippen molar-refractivity contribution in [3.63, 3.8) is 0 Å². The third-order valence-corrected chi connectivity index (χ3v) is 8.56. The fraction of sp³-hybridized carbons (Fsp3) is 0.314. The molecule has 2 heterocycles. The number of hydrogen-bond donors (Lipinski definition) is 3. The van der Waals surface area contributed by atoms with Gasteiger partial charge in [0, 0.05) is 41.3 Å². The van der Waals surface area contributed by atoms with Crippen molar-refractivity contribution in [2.24, 2.45) is 5.41 Å². The summed E-state index contributed by atoms with van der Waals surface area (Å²) in [5.74, 6) is 0.378. The number of ether oxygens (including phenoxy) is 1. The maximum atomic E-state index is 13.8. The van der Waals surface area contributed by atoms with Crippen molar-refractivity contribution >= 4 is 34.0 Å². The minimum Gasteiger partial charge on any atom is -0.497 e. The van der Waals surface area contributed by atoms with Gasteiger partial charge in [0.05, 0.1) is 36.6 Å². The zero-order chi connectivity index (χ0) is 31.9. The number of aromatic nitrogens is 1. The number of allylic oxidation sites excluding steroid dienone is 1. The van der Waals surface area contributed by atoms with Crippen molar-refractivity contribution in [2.75, 3.05) is 30.4 Å². The first-order valence-electron chi connectivity index (χ1n) is 14.9. The highest BCUT2D eigenvalue weighted by atomic mass is 19.4. The van der Waals surface area contributed by atoms with Gasteiger partial charge in [0.2, 0.25) is 5.91 Å². The lowest BCUT2D eigenvalue weighted by atomic mass is 9.73. The lowest BCUT2D eigenvalue weighted by Gasteiger charge is -2.38. The van der Waals surface area contributed by atoms with Gasteiger partial charge in [0.25, 0.3) is 0 Å². The molecule has 4 aromatic rings. The van der Waals surface area contributed by atoms with E-state index in [1.807, 2.05) is 67.4 Å². The third-order valence-electron chi connectivity index (χ3n) is 8.56. The van der Waals surface area contributed by atoms with Crippen LogP contribution in [0.15, 0.2) is 84.2 Å². The van der Waals surface area contributed by atoms with Crippen LogP contribution in [0.5, 0.6) is 5.75 Å². The van der Waals surface area contributed by atoms with Crippen molar-refractivity contribution in [1.82, 2.24) is 10.3 Å². The number of hydrogen-bond acceptors (Lipinski definition) is 5. The van der Waals surface area contributed by atoms with E-state index < -0.39 is 17.8 Å². The lowest BCUT2D eigenvalue weighted by Crippen LogP contribution is -2.42. The molecule has 1 amide bonds. The Kier molecular flexibility index (Phi) is 7.84. The first-order chi connectivity index (χ1) is 21.4. The van der Waals surface area contributed by atoms with E-state index in [9.17, 15) is 22.8 Å². The maximum absolute atomic E-state index is 13.8. The van der Waals surface area contributed by atoms with Crippen molar-refractivity contribution in [3.05, 3.63) is 101 Å². The van der Waals surface area contributed by atoms with Gasteiger partial charge in [0.1, 0.15) is 5.75 Å². The maximum Gasteiger partial charge on any atom is 0.416 e. The molecule has 234 valence electrons. The topological polar surface area (TPSA) is 86.5 Å². The summed E-state index contributed by atoms with van der Waals surface area (Å²) in [4.78, 5) is 32.5. The number of benzene rings is 3. The monoisotopic (exact) mass is 616 g/mol. The third kappa shape index (κ3) is 6.14. The zero-order valence-corrected chi connectivity index (χ0v) is 25.3. The van der Waals surface area contributed by atoms with Crippen LogP contribution in [0.1, 0.15) is 49.4 Å². The van der Waals surface area contributed by atoms with Crippen LogP contribution in [0.25, 0.3) is 10.9 Å². The minimum absolute atomic E-state index is 0.0911. The highest BCUT2D eigenvalue weighted by molar-refractivity contribution is 6.02. The normalized spacial score (nSPS) is 17.8. The van der Waals surface area contributed by atoms with Gasteiger partial charge in [-0.15, -0.1) is 0 Å². The van der Waals surface area contributed by atoms with Gasteiger partial charge in [-0.1, -0.05) is 38.1 Å². The van der Waals surface area contributed by atoms with E-state index >= 15 is 0 Å². The van der Waals surface area contributed by atoms with E-state index in [-0.39, 0.29) is 30.1 Å². The molecule has 0 radical (unpaired) electrons. The number of Topliss-reactive ketones (excluding diaryl/α,β-unsaturated/α-hetero) is 1. The molecular formula is C35H35F3N4O3. The van der Waals surface area contributed by atoms with E-state index in [2.05, 4.69) is 15.6 Å². The Morgan fingerprint density at radius 1 is 1.07 bits per heavy atom. The fourth-order valence-electron chi connectivity index (χ4n) is 6.47. The number of amides is 1. The van der Waals surface area contributed by atoms with Gasteiger partial charge in [-0.05, 0) is 71.8 Å². The predicted molar refractivity (Wildman–Crippen MR) is 168 cm³/mol. The molecule has 7 nitrogen and oxygen atoms in total. The van der Waals surface area contributed by atoms with E-state index in [4.69, 9.17) is 4.74 Å². The van der Waals surface area contributed by atoms with Crippen LogP contribution in [0, 0.1) is 5.41 Å². The Morgan fingerprint density at radius 3 is 2.56 bits per heavy atom. The molecule has 0 saturated heterocycles. The van der Waals surface area contributed by atoms with E-state index in [0.29, 0.717) is 36.2 Å². The van der Waals surface area contributed by atoms with Crippen molar-refractivity contribution in [1.29, 1.82) is 0 Å². The van der Waals surface area contributed by atoms with Gasteiger partial charge in [-0.25, -0.2) is 0 Å². The van der Waals surface area contributed by atoms with Crippen LogP contribution in [0.2, 0.25) is 0 Å². The van der Waals surface area contributed by atoms with Crippen molar-refractivity contribution in [3.8, 4) is 5.75 Å². The molecule has 0 saturated carbocycles. The van der Waals surface area contributed by atoms with Gasteiger partial charge < -0.3 is 25.3 Å². The SMILES string of the molecule is COc1ccc2[nH]cc(CCNC(=O)CN3c4ccccc4NC4=C(C(=O)CC(C)(C)C4)C3c3ccc(C(F)(F)F)cc3)c2c1. The molecule has 45 heavy (non-hydrogen) atoms. The quantitative estimate of drug-likeness (QED) is 0.205. The molecule has 0 bridgehead atoms. The summed E-state index contributed by atoms with van der Waals surface area (Å²) in [6, 6.07) is 17.4. The number of alkyl halides is 3. The van der Waals surface area contributed by atoms with Crippen LogP contribution in [0.4, 0.5) is 24.5 Å². The average Bonchev–Trinajstić information content (AvgIpc) is 3.33. The van der Waals surface area contributed by atoms with Crippen LogP contribution in [-0.2, 0) is 22.2 Å². The minimum atomic E-state index is -4.50. The Morgan fingerprint density at radius 2 is 1.82 bits per heavy atom. The largest absolute Gasteiger partial charge is 0.497 e. The summed E-state index contributed by atoms with van der Waals surface area (Å²) in [5, 5.41) is 7.49. The first-order valence-corrected chi connectivity index (χ1v) is 14.9. The summed E-state index contributed by atoms with van der Waals surface area (Å²) in [7, 11) is 1.61. The van der Waals surface area contributed by atoms with Gasteiger partial charge in [-0.2, -0.15) is 13.2 Å². The fourth-order valence-corrected chi connectivity index (χ4v) is 6.47. The summed E-state index contributed by atoms with van der Waals surface area (Å²) in [6.45, 7) is 4.30. The number of halogens is 3. The molecule has 10 heteroatoms. The molecule has 6 rings (SSSR count). The number of ketones is 1. The Bertz CT molecular complexity index is 1790. The number of carbonyl (C=O) groups is 2. The number of nitrogens with zero attached hydrogens (tertiary/aromatic N) is 1. The molecule has 3 aromatic carbocycles. The highest BCUT2D eigenvalue weighted by Crippen LogP contribution is 2.48. The second-order valence-corrected chi connectivity index (χ2v) is 12.5. The lowest BCUT2D eigenvalue weighted by molar-refractivity contribution is -0.137. The summed E-state index contributed by atoms with van der Waals surface area (Å²) in [6.07, 6.45) is -1.15. The molecule has 0 fully saturated rings. The Hall–Kier alpha value is -4.73. The number of carbonyl (C=O) groups excluding carboxylic acids is 2. The second-order valence-electron chi connectivity index (χ2n) is 12.5. The van der Waals surface area contributed by atoms with Crippen LogP contribution < -0.4 is 20.3 Å². The number of fused-ring (bicyclic) bond motifs is 2. The van der Waals surface area contributed by atoms with Gasteiger partial charge in [0.15, 0.2) is 5.78 Å². The molecule has 2 aliphatic rings. The number of rotatable bonds is 7. The molecule has 1 atom stereocenters. The van der Waals surface area contributed by atoms with Crippen LogP contribution >= 0.6 is 0 Å². The number of aromatic amines is 1. The van der Waals surface area contributed by atoms with E-state index in [1.54, 1.807) is 7.11 Å². The second kappa shape index (κ2) is 11.6. The van der Waals surface area contributed by atoms with Gasteiger partial charge >= 0.3 is 6.18 Å². The van der Waals surface area contributed by atoms with Crippen molar-refractivity contribution in [2.45, 2.75) is 45.3 Å². The number of para-hydroxylation sites is 2. The Balaban J connectivity index is 1.33. The molecule has 1 unspecified atom stereocenters. The molecule has 1 aliphatic heterocycles. The molecule has 1 aromatic heterocycles. The number of nitrogens with one attached hydrogen (secondary N) is 3. The predicted octanol–water partition coefficient (Wildman–Crippen LogP) is 7.17. The van der Waals surface area contributed by atoms with Crippen LogP contribution in [0.3, 0.4) is 0 Å². The number of anilines is 2.